The van der Waals surface area contributed by atoms with Crippen LogP contribution < -0.4 is 5.32 Å². The Morgan fingerprint density at radius 2 is 1.72 bits per heavy atom. The van der Waals surface area contributed by atoms with E-state index in [1.54, 1.807) is 0 Å². The zero-order valence-corrected chi connectivity index (χ0v) is 12.8. The molecule has 0 saturated heterocycles. The van der Waals surface area contributed by atoms with Crippen molar-refractivity contribution in [1.29, 1.82) is 0 Å². The molecule has 0 radical (unpaired) electrons. The van der Waals surface area contributed by atoms with Gasteiger partial charge in [0.15, 0.2) is 0 Å². The summed E-state index contributed by atoms with van der Waals surface area (Å²) in [5.41, 5.74) is 2.11. The quantitative estimate of drug-likeness (QED) is 0.724. The lowest BCUT2D eigenvalue weighted by atomic mass is 9.97. The number of nitrogens with one attached hydrogen (secondary N) is 1. The summed E-state index contributed by atoms with van der Waals surface area (Å²) in [5, 5.41) is 3.85. The lowest BCUT2D eigenvalue weighted by Crippen LogP contribution is -2.22. The minimum atomic E-state index is 0.149. The molecule has 1 aromatic rings. The summed E-state index contributed by atoms with van der Waals surface area (Å²) in [4.78, 5) is 12.1. The first-order valence-electron chi connectivity index (χ1n) is 6.67. The van der Waals surface area contributed by atoms with E-state index in [9.17, 15) is 4.79 Å². The summed E-state index contributed by atoms with van der Waals surface area (Å²) in [5.74, 6) is 0.307. The van der Waals surface area contributed by atoms with Gasteiger partial charge in [-0.15, -0.1) is 0 Å². The van der Waals surface area contributed by atoms with E-state index in [4.69, 9.17) is 0 Å². The van der Waals surface area contributed by atoms with Gasteiger partial charge in [-0.3, -0.25) is 4.79 Å². The molecule has 100 valence electrons. The first kappa shape index (κ1) is 15.2. The van der Waals surface area contributed by atoms with E-state index in [1.165, 1.54) is 5.56 Å². The Labute approximate surface area is 118 Å². The number of anilines is 1. The van der Waals surface area contributed by atoms with E-state index in [-0.39, 0.29) is 11.8 Å². The molecular weight excluding hydrogens is 290 g/mol. The van der Waals surface area contributed by atoms with Crippen LogP contribution in [-0.4, -0.2) is 5.91 Å². The average Bonchev–Trinajstić information content (AvgIpc) is 2.39. The van der Waals surface area contributed by atoms with Gasteiger partial charge in [-0.05, 0) is 30.5 Å². The van der Waals surface area contributed by atoms with Crippen LogP contribution in [0.3, 0.4) is 0 Å². The molecule has 0 saturated carbocycles. The van der Waals surface area contributed by atoms with Gasteiger partial charge in [-0.1, -0.05) is 54.8 Å². The molecule has 0 fully saturated rings. The van der Waals surface area contributed by atoms with Gasteiger partial charge in [0.05, 0.1) is 0 Å². The number of benzene rings is 1. The summed E-state index contributed by atoms with van der Waals surface area (Å²) in [6.07, 6.45) is 4.06. The highest BCUT2D eigenvalue weighted by Crippen LogP contribution is 2.17. The van der Waals surface area contributed by atoms with Crippen molar-refractivity contribution >= 4 is 27.5 Å². The van der Waals surface area contributed by atoms with Crippen molar-refractivity contribution in [2.24, 2.45) is 5.92 Å². The first-order chi connectivity index (χ1) is 8.71. The number of carbonyl (C=O) groups is 1. The largest absolute Gasteiger partial charge is 0.326 e. The van der Waals surface area contributed by atoms with Crippen molar-refractivity contribution in [1.82, 2.24) is 0 Å². The highest BCUT2D eigenvalue weighted by molar-refractivity contribution is 9.08. The van der Waals surface area contributed by atoms with Crippen LogP contribution in [0.15, 0.2) is 24.3 Å². The third-order valence-electron chi connectivity index (χ3n) is 3.02. The molecule has 1 N–H and O–H groups in total. The second kappa shape index (κ2) is 8.30. The van der Waals surface area contributed by atoms with Gasteiger partial charge in [-0.2, -0.15) is 0 Å². The van der Waals surface area contributed by atoms with Crippen LogP contribution in [-0.2, 0) is 10.1 Å². The Balaban J connectivity index is 2.60. The third kappa shape index (κ3) is 4.81. The van der Waals surface area contributed by atoms with Crippen molar-refractivity contribution in [2.75, 3.05) is 5.32 Å². The zero-order valence-electron chi connectivity index (χ0n) is 11.2. The van der Waals surface area contributed by atoms with Gasteiger partial charge in [0.25, 0.3) is 0 Å². The number of hydrogen-bond acceptors (Lipinski definition) is 1. The molecule has 0 bridgehead atoms. The topological polar surface area (TPSA) is 29.1 Å². The molecule has 0 aliphatic carbocycles. The number of amides is 1. The predicted octanol–water partition coefficient (Wildman–Crippen LogP) is 4.74. The van der Waals surface area contributed by atoms with Crippen molar-refractivity contribution in [3.63, 3.8) is 0 Å². The van der Waals surface area contributed by atoms with Crippen LogP contribution in [0.1, 0.15) is 45.1 Å². The van der Waals surface area contributed by atoms with E-state index in [0.717, 1.165) is 36.7 Å². The Morgan fingerprint density at radius 3 is 2.17 bits per heavy atom. The van der Waals surface area contributed by atoms with Crippen molar-refractivity contribution in [2.45, 2.75) is 44.9 Å². The summed E-state index contributed by atoms with van der Waals surface area (Å²) in [6.45, 7) is 4.25. The minimum Gasteiger partial charge on any atom is -0.326 e. The molecule has 1 amide bonds. The highest BCUT2D eigenvalue weighted by atomic mass is 79.9. The van der Waals surface area contributed by atoms with E-state index in [1.807, 2.05) is 24.3 Å². The van der Waals surface area contributed by atoms with Crippen LogP contribution >= 0.6 is 15.9 Å². The average molecular weight is 312 g/mol. The molecule has 0 unspecified atom stereocenters. The van der Waals surface area contributed by atoms with Gasteiger partial charge in [0.2, 0.25) is 5.91 Å². The van der Waals surface area contributed by atoms with E-state index >= 15 is 0 Å². The van der Waals surface area contributed by atoms with Gasteiger partial charge in [0, 0.05) is 16.9 Å². The predicted molar refractivity (Wildman–Crippen MR) is 81.0 cm³/mol. The fraction of sp³-hybridized carbons (Fsp3) is 0.533. The fourth-order valence-corrected chi connectivity index (χ4v) is 2.40. The molecule has 1 aromatic carbocycles. The molecule has 0 atom stereocenters. The Kier molecular flexibility index (Phi) is 7.02. The van der Waals surface area contributed by atoms with Crippen LogP contribution in [0.5, 0.6) is 0 Å². The maximum absolute atomic E-state index is 12.1. The number of alkyl halides is 1. The van der Waals surface area contributed by atoms with Crippen molar-refractivity contribution in [3.8, 4) is 0 Å². The second-order valence-corrected chi connectivity index (χ2v) is 5.15. The molecule has 2 nitrogen and oxygen atoms in total. The van der Waals surface area contributed by atoms with Crippen LogP contribution in [0.2, 0.25) is 0 Å². The Hall–Kier alpha value is -0.830. The molecule has 3 heteroatoms. The SMILES string of the molecule is CCCC(CCC)C(=O)Nc1ccc(CBr)cc1. The van der Waals surface area contributed by atoms with Gasteiger partial charge < -0.3 is 5.32 Å². The molecule has 0 aromatic heterocycles. The van der Waals surface area contributed by atoms with Crippen LogP contribution in [0.4, 0.5) is 5.69 Å². The molecule has 0 heterocycles. The molecule has 0 spiro atoms. The maximum Gasteiger partial charge on any atom is 0.227 e. The van der Waals surface area contributed by atoms with E-state index in [2.05, 4.69) is 35.1 Å². The number of carbonyl (C=O) groups excluding carboxylic acids is 1. The second-order valence-electron chi connectivity index (χ2n) is 4.59. The number of rotatable bonds is 7. The molecule has 18 heavy (non-hydrogen) atoms. The fourth-order valence-electron chi connectivity index (χ4n) is 2.02. The third-order valence-corrected chi connectivity index (χ3v) is 3.67. The van der Waals surface area contributed by atoms with E-state index < -0.39 is 0 Å². The maximum atomic E-state index is 12.1. The lowest BCUT2D eigenvalue weighted by molar-refractivity contribution is -0.120. The van der Waals surface area contributed by atoms with Crippen LogP contribution in [0, 0.1) is 5.92 Å². The number of halogens is 1. The first-order valence-corrected chi connectivity index (χ1v) is 7.79. The van der Waals surface area contributed by atoms with E-state index in [0.29, 0.717) is 0 Å². The normalized spacial score (nSPS) is 10.7. The molecule has 1 rings (SSSR count). The number of hydrogen-bond donors (Lipinski definition) is 1. The Bertz CT molecular complexity index is 355. The Morgan fingerprint density at radius 1 is 1.17 bits per heavy atom. The smallest absolute Gasteiger partial charge is 0.227 e. The summed E-state index contributed by atoms with van der Waals surface area (Å²) < 4.78 is 0. The zero-order chi connectivity index (χ0) is 13.4. The molecule has 0 aliphatic heterocycles. The van der Waals surface area contributed by atoms with Crippen molar-refractivity contribution in [3.05, 3.63) is 29.8 Å². The van der Waals surface area contributed by atoms with Gasteiger partial charge in [-0.25, -0.2) is 0 Å². The lowest BCUT2D eigenvalue weighted by Gasteiger charge is -2.15. The standard InChI is InChI=1S/C15H22BrNO/c1-3-5-13(6-4-2)15(18)17-14-9-7-12(11-16)8-10-14/h7-10,13H,3-6,11H2,1-2H3,(H,17,18). The summed E-state index contributed by atoms with van der Waals surface area (Å²) in [6, 6.07) is 7.98. The summed E-state index contributed by atoms with van der Waals surface area (Å²) >= 11 is 3.41. The molecule has 0 aliphatic rings. The monoisotopic (exact) mass is 311 g/mol. The summed E-state index contributed by atoms with van der Waals surface area (Å²) in [7, 11) is 0. The van der Waals surface area contributed by atoms with Crippen molar-refractivity contribution < 1.29 is 4.79 Å². The van der Waals surface area contributed by atoms with Gasteiger partial charge in [0.1, 0.15) is 0 Å². The molecular formula is C15H22BrNO. The van der Waals surface area contributed by atoms with Gasteiger partial charge >= 0.3 is 0 Å². The minimum absolute atomic E-state index is 0.149. The highest BCUT2D eigenvalue weighted by Gasteiger charge is 2.16. The van der Waals surface area contributed by atoms with Crippen LogP contribution in [0.25, 0.3) is 0 Å².